The molecule has 0 amide bonds. The third-order valence-corrected chi connectivity index (χ3v) is 4.87. The molecule has 0 aliphatic heterocycles. The smallest absolute Gasteiger partial charge is 0.254 e. The van der Waals surface area contributed by atoms with Crippen LogP contribution in [0.5, 0.6) is 0 Å². The van der Waals surface area contributed by atoms with E-state index in [1.807, 2.05) is 32.0 Å². The minimum Gasteiger partial charge on any atom is -0.389 e. The van der Waals surface area contributed by atoms with E-state index in [0.717, 1.165) is 11.1 Å². The Morgan fingerprint density at radius 3 is 2.52 bits per heavy atom. The number of hydrogen-bond donors (Lipinski definition) is 1. The molecule has 1 aromatic heterocycles. The van der Waals surface area contributed by atoms with Gasteiger partial charge in [-0.3, -0.25) is 4.57 Å². The first-order valence-corrected chi connectivity index (χ1v) is 8.18. The highest BCUT2D eigenvalue weighted by Crippen LogP contribution is 2.21. The van der Waals surface area contributed by atoms with Gasteiger partial charge >= 0.3 is 0 Å². The summed E-state index contributed by atoms with van der Waals surface area (Å²) in [7, 11) is -3.74. The predicted molar refractivity (Wildman–Crippen MR) is 79.2 cm³/mol. The van der Waals surface area contributed by atoms with Crippen LogP contribution in [0.1, 0.15) is 25.0 Å². The van der Waals surface area contributed by atoms with Crippen molar-refractivity contribution in [2.75, 3.05) is 5.75 Å². The Balaban J connectivity index is 2.53. The molecule has 0 fully saturated rings. The first-order valence-electron chi connectivity index (χ1n) is 6.53. The number of aryl methyl sites for hydroxylation is 2. The molecule has 0 spiro atoms. The van der Waals surface area contributed by atoms with Crippen LogP contribution in [0.15, 0.2) is 29.7 Å². The summed E-state index contributed by atoms with van der Waals surface area (Å²) >= 11 is 0. The summed E-state index contributed by atoms with van der Waals surface area (Å²) < 4.78 is 26.2. The van der Waals surface area contributed by atoms with Gasteiger partial charge in [-0.05, 0) is 39.3 Å². The standard InChI is InChI=1S/C14H19N3O3S/c1-10-5-6-12(11(2)7-10)17-9-15-16-13(17)21(19,20)8-14(3,4)18/h5-7,9,18H,8H2,1-4H3. The van der Waals surface area contributed by atoms with E-state index < -0.39 is 21.2 Å². The predicted octanol–water partition coefficient (Wildman–Crippen LogP) is 1.43. The molecule has 0 saturated heterocycles. The second-order valence-electron chi connectivity index (χ2n) is 5.84. The maximum absolute atomic E-state index is 12.4. The molecule has 1 heterocycles. The van der Waals surface area contributed by atoms with E-state index in [1.165, 1.54) is 24.7 Å². The summed E-state index contributed by atoms with van der Waals surface area (Å²) in [5.41, 5.74) is 1.39. The number of aromatic nitrogens is 3. The Morgan fingerprint density at radius 2 is 1.95 bits per heavy atom. The summed E-state index contributed by atoms with van der Waals surface area (Å²) in [6.45, 7) is 6.76. The maximum atomic E-state index is 12.4. The Morgan fingerprint density at radius 1 is 1.29 bits per heavy atom. The molecule has 7 heteroatoms. The van der Waals surface area contributed by atoms with Crippen molar-refractivity contribution in [2.24, 2.45) is 0 Å². The van der Waals surface area contributed by atoms with Crippen LogP contribution in [-0.2, 0) is 9.84 Å². The van der Waals surface area contributed by atoms with Crippen LogP contribution in [0.25, 0.3) is 5.69 Å². The third kappa shape index (κ3) is 3.48. The molecular formula is C14H19N3O3S. The Bertz CT molecular complexity index is 758. The van der Waals surface area contributed by atoms with E-state index in [4.69, 9.17) is 0 Å². The summed E-state index contributed by atoms with van der Waals surface area (Å²) in [6.07, 6.45) is 1.37. The molecule has 1 N–H and O–H groups in total. The second kappa shape index (κ2) is 5.23. The van der Waals surface area contributed by atoms with E-state index >= 15 is 0 Å². The molecule has 0 radical (unpaired) electrons. The topological polar surface area (TPSA) is 85.1 Å². The Labute approximate surface area is 124 Å². The van der Waals surface area contributed by atoms with E-state index in [-0.39, 0.29) is 5.16 Å². The molecule has 2 aromatic rings. The van der Waals surface area contributed by atoms with Crippen molar-refractivity contribution in [3.8, 4) is 5.69 Å². The van der Waals surface area contributed by atoms with Crippen LogP contribution in [-0.4, -0.2) is 39.6 Å². The van der Waals surface area contributed by atoms with Crippen LogP contribution in [0.2, 0.25) is 0 Å². The molecule has 2 rings (SSSR count). The number of rotatable bonds is 4. The van der Waals surface area contributed by atoms with Crippen molar-refractivity contribution in [1.82, 2.24) is 14.8 Å². The van der Waals surface area contributed by atoms with Crippen molar-refractivity contribution < 1.29 is 13.5 Å². The fraction of sp³-hybridized carbons (Fsp3) is 0.429. The largest absolute Gasteiger partial charge is 0.389 e. The third-order valence-electron chi connectivity index (χ3n) is 2.95. The van der Waals surface area contributed by atoms with Gasteiger partial charge in [-0.1, -0.05) is 17.7 Å². The average Bonchev–Trinajstić information content (AvgIpc) is 2.75. The fourth-order valence-corrected chi connectivity index (χ4v) is 3.88. The van der Waals surface area contributed by atoms with Crippen LogP contribution in [0.3, 0.4) is 0 Å². The Hall–Kier alpha value is -1.73. The molecule has 0 unspecified atom stereocenters. The Kier molecular flexibility index (Phi) is 3.90. The zero-order valence-electron chi connectivity index (χ0n) is 12.5. The van der Waals surface area contributed by atoms with Crippen molar-refractivity contribution in [3.05, 3.63) is 35.7 Å². The molecule has 114 valence electrons. The molecule has 0 atom stereocenters. The van der Waals surface area contributed by atoms with Crippen molar-refractivity contribution in [1.29, 1.82) is 0 Å². The van der Waals surface area contributed by atoms with Crippen LogP contribution in [0.4, 0.5) is 0 Å². The van der Waals surface area contributed by atoms with Gasteiger partial charge in [0.1, 0.15) is 6.33 Å². The first-order chi connectivity index (χ1) is 9.60. The lowest BCUT2D eigenvalue weighted by atomic mass is 10.1. The molecule has 6 nitrogen and oxygen atoms in total. The molecule has 0 saturated carbocycles. The van der Waals surface area contributed by atoms with Gasteiger partial charge in [0, 0.05) is 0 Å². The highest BCUT2D eigenvalue weighted by Gasteiger charge is 2.30. The number of nitrogens with zero attached hydrogens (tertiary/aromatic N) is 3. The monoisotopic (exact) mass is 309 g/mol. The highest BCUT2D eigenvalue weighted by atomic mass is 32.2. The number of hydrogen-bond acceptors (Lipinski definition) is 5. The van der Waals surface area contributed by atoms with Crippen LogP contribution < -0.4 is 0 Å². The number of aliphatic hydroxyl groups is 1. The molecule has 21 heavy (non-hydrogen) atoms. The number of benzene rings is 1. The van der Waals surface area contributed by atoms with Gasteiger partial charge in [-0.25, -0.2) is 8.42 Å². The fourth-order valence-electron chi connectivity index (χ4n) is 2.21. The van der Waals surface area contributed by atoms with Crippen molar-refractivity contribution >= 4 is 9.84 Å². The highest BCUT2D eigenvalue weighted by molar-refractivity contribution is 7.91. The minimum atomic E-state index is -3.74. The molecule has 0 aliphatic rings. The summed E-state index contributed by atoms with van der Waals surface area (Å²) in [6, 6.07) is 5.69. The molecule has 0 aliphatic carbocycles. The normalized spacial score (nSPS) is 12.6. The lowest BCUT2D eigenvalue weighted by molar-refractivity contribution is 0.105. The zero-order chi connectivity index (χ0) is 15.8. The maximum Gasteiger partial charge on any atom is 0.254 e. The van der Waals surface area contributed by atoms with Gasteiger partial charge < -0.3 is 5.11 Å². The van der Waals surface area contributed by atoms with Crippen molar-refractivity contribution in [2.45, 2.75) is 38.5 Å². The number of sulfone groups is 1. The molecular weight excluding hydrogens is 290 g/mol. The lowest BCUT2D eigenvalue weighted by Crippen LogP contribution is -2.31. The van der Waals surface area contributed by atoms with Gasteiger partial charge in [0.05, 0.1) is 17.0 Å². The minimum absolute atomic E-state index is 0.156. The molecule has 1 aromatic carbocycles. The average molecular weight is 309 g/mol. The van der Waals surface area contributed by atoms with E-state index in [9.17, 15) is 13.5 Å². The van der Waals surface area contributed by atoms with Crippen LogP contribution in [0, 0.1) is 13.8 Å². The zero-order valence-corrected chi connectivity index (χ0v) is 13.3. The summed E-state index contributed by atoms with van der Waals surface area (Å²) in [5.74, 6) is -0.413. The van der Waals surface area contributed by atoms with Gasteiger partial charge in [-0.2, -0.15) is 0 Å². The van der Waals surface area contributed by atoms with E-state index in [1.54, 1.807) is 0 Å². The summed E-state index contributed by atoms with van der Waals surface area (Å²) in [4.78, 5) is 0. The van der Waals surface area contributed by atoms with Crippen LogP contribution >= 0.6 is 0 Å². The van der Waals surface area contributed by atoms with E-state index in [2.05, 4.69) is 10.2 Å². The first kappa shape index (κ1) is 15.7. The SMILES string of the molecule is Cc1ccc(-n2cnnc2S(=O)(=O)CC(C)(C)O)c(C)c1. The van der Waals surface area contributed by atoms with Gasteiger partial charge in [-0.15, -0.1) is 10.2 Å². The van der Waals surface area contributed by atoms with Crippen molar-refractivity contribution in [3.63, 3.8) is 0 Å². The summed E-state index contributed by atoms with van der Waals surface area (Å²) in [5, 5.41) is 17.0. The second-order valence-corrected chi connectivity index (χ2v) is 7.73. The quantitative estimate of drug-likeness (QED) is 0.923. The van der Waals surface area contributed by atoms with E-state index in [0.29, 0.717) is 5.69 Å². The molecule has 0 bridgehead atoms. The van der Waals surface area contributed by atoms with Gasteiger partial charge in [0.2, 0.25) is 9.84 Å². The van der Waals surface area contributed by atoms with Gasteiger partial charge in [0.25, 0.3) is 5.16 Å². The lowest BCUT2D eigenvalue weighted by Gasteiger charge is -2.17. The van der Waals surface area contributed by atoms with Gasteiger partial charge in [0.15, 0.2) is 0 Å².